The minimum absolute atomic E-state index is 0.207. The number of benzene rings is 2. The molecule has 7 heteroatoms. The molecule has 0 fully saturated rings. The average Bonchev–Trinajstić information content (AvgIpc) is 2.67. The molecule has 0 saturated heterocycles. The molecule has 2 aromatic carbocycles. The Morgan fingerprint density at radius 3 is 2.19 bits per heavy atom. The first-order valence-electron chi connectivity index (χ1n) is 7.71. The number of hydrogen-bond donors (Lipinski definition) is 1. The molecule has 1 N–H and O–H groups in total. The van der Waals surface area contributed by atoms with Crippen molar-refractivity contribution in [1.29, 1.82) is 0 Å². The first kappa shape index (κ1) is 18.3. The van der Waals surface area contributed by atoms with Crippen LogP contribution in [0.3, 0.4) is 0 Å². The predicted molar refractivity (Wildman–Crippen MR) is 106 cm³/mol. The summed E-state index contributed by atoms with van der Waals surface area (Å²) in [6.07, 6.45) is 3.68. The van der Waals surface area contributed by atoms with Crippen molar-refractivity contribution < 1.29 is 9.90 Å². The molecule has 0 atom stereocenters. The van der Waals surface area contributed by atoms with Crippen molar-refractivity contribution >= 4 is 29.5 Å². The van der Waals surface area contributed by atoms with Crippen LogP contribution >= 0.6 is 23.5 Å². The zero-order valence-electron chi connectivity index (χ0n) is 14.2. The van der Waals surface area contributed by atoms with Gasteiger partial charge in [0, 0.05) is 10.5 Å². The van der Waals surface area contributed by atoms with Gasteiger partial charge in [-0.1, -0.05) is 30.3 Å². The smallest absolute Gasteiger partial charge is 0.344 e. The lowest BCUT2D eigenvalue weighted by molar-refractivity contribution is 0.0689. The SMILES string of the molecule is CSc1ccc(-n2c(-c3ccccc3)nc(SC)c(C(=O)O)c2=O)cc1. The lowest BCUT2D eigenvalue weighted by Crippen LogP contribution is -2.29. The van der Waals surface area contributed by atoms with Crippen LogP contribution in [-0.2, 0) is 0 Å². The topological polar surface area (TPSA) is 72.2 Å². The highest BCUT2D eigenvalue weighted by molar-refractivity contribution is 7.98. The summed E-state index contributed by atoms with van der Waals surface area (Å²) in [5, 5.41) is 9.73. The second-order valence-electron chi connectivity index (χ2n) is 5.33. The lowest BCUT2D eigenvalue weighted by atomic mass is 10.2. The van der Waals surface area contributed by atoms with Gasteiger partial charge in [-0.15, -0.1) is 23.5 Å². The van der Waals surface area contributed by atoms with E-state index in [2.05, 4.69) is 4.98 Å². The fourth-order valence-corrected chi connectivity index (χ4v) is 3.55. The largest absolute Gasteiger partial charge is 0.477 e. The van der Waals surface area contributed by atoms with Crippen molar-refractivity contribution in [2.75, 3.05) is 12.5 Å². The summed E-state index contributed by atoms with van der Waals surface area (Å²) in [6.45, 7) is 0. The van der Waals surface area contributed by atoms with E-state index in [-0.39, 0.29) is 10.6 Å². The van der Waals surface area contributed by atoms with E-state index < -0.39 is 11.5 Å². The molecule has 3 rings (SSSR count). The van der Waals surface area contributed by atoms with Crippen LogP contribution in [0.1, 0.15) is 10.4 Å². The standard InChI is InChI=1S/C19H16N2O3S2/c1-25-14-10-8-13(9-11-14)21-16(12-6-4-3-5-7-12)20-17(26-2)15(18(21)22)19(23)24/h3-11H,1-2H3,(H,23,24). The molecule has 5 nitrogen and oxygen atoms in total. The quantitative estimate of drug-likeness (QED) is 0.529. The maximum atomic E-state index is 13.1. The van der Waals surface area contributed by atoms with Crippen molar-refractivity contribution in [3.05, 3.63) is 70.5 Å². The van der Waals surface area contributed by atoms with Gasteiger partial charge in [-0.25, -0.2) is 9.78 Å². The van der Waals surface area contributed by atoms with Crippen LogP contribution in [-0.4, -0.2) is 33.1 Å². The van der Waals surface area contributed by atoms with E-state index in [0.717, 1.165) is 22.2 Å². The van der Waals surface area contributed by atoms with Gasteiger partial charge < -0.3 is 5.11 Å². The highest BCUT2D eigenvalue weighted by Crippen LogP contribution is 2.25. The van der Waals surface area contributed by atoms with Gasteiger partial charge in [0.15, 0.2) is 5.56 Å². The molecule has 132 valence electrons. The number of thioether (sulfide) groups is 2. The van der Waals surface area contributed by atoms with Gasteiger partial charge in [-0.05, 0) is 36.8 Å². The number of carboxylic acids is 1. The molecule has 0 bridgehead atoms. The van der Waals surface area contributed by atoms with Crippen molar-refractivity contribution in [3.8, 4) is 17.1 Å². The van der Waals surface area contributed by atoms with Crippen LogP contribution in [0, 0.1) is 0 Å². The Kier molecular flexibility index (Phi) is 5.49. The van der Waals surface area contributed by atoms with Gasteiger partial charge in [-0.2, -0.15) is 0 Å². The number of carboxylic acid groups (broad SMARTS) is 1. The summed E-state index contributed by atoms with van der Waals surface area (Å²) >= 11 is 2.74. The Bertz CT molecular complexity index is 1000. The summed E-state index contributed by atoms with van der Waals surface area (Å²) in [5.74, 6) is -0.859. The monoisotopic (exact) mass is 384 g/mol. The van der Waals surface area contributed by atoms with E-state index in [1.807, 2.05) is 48.7 Å². The molecule has 0 saturated carbocycles. The molecule has 3 aromatic rings. The van der Waals surface area contributed by atoms with Crippen LogP contribution in [0.2, 0.25) is 0 Å². The summed E-state index contributed by atoms with van der Waals surface area (Å²) < 4.78 is 1.36. The maximum Gasteiger partial charge on any atom is 0.344 e. The fourth-order valence-electron chi connectivity index (χ4n) is 2.58. The number of aromatic nitrogens is 2. The fraction of sp³-hybridized carbons (Fsp3) is 0.105. The zero-order chi connectivity index (χ0) is 18.7. The van der Waals surface area contributed by atoms with Crippen molar-refractivity contribution in [2.45, 2.75) is 9.92 Å². The second-order valence-corrected chi connectivity index (χ2v) is 7.00. The molecule has 0 aliphatic heterocycles. The summed E-state index contributed by atoms with van der Waals surface area (Å²) in [6, 6.07) is 16.7. The Labute approximate surface area is 159 Å². The van der Waals surface area contributed by atoms with Gasteiger partial charge in [0.2, 0.25) is 0 Å². The van der Waals surface area contributed by atoms with E-state index >= 15 is 0 Å². The van der Waals surface area contributed by atoms with Gasteiger partial charge in [0.1, 0.15) is 10.9 Å². The van der Waals surface area contributed by atoms with Crippen LogP contribution in [0.5, 0.6) is 0 Å². The minimum Gasteiger partial charge on any atom is -0.477 e. The highest BCUT2D eigenvalue weighted by atomic mass is 32.2. The third-order valence-corrected chi connectivity index (χ3v) is 5.25. The number of hydrogen-bond acceptors (Lipinski definition) is 5. The Morgan fingerprint density at radius 2 is 1.65 bits per heavy atom. The lowest BCUT2D eigenvalue weighted by Gasteiger charge is -2.15. The van der Waals surface area contributed by atoms with Crippen LogP contribution in [0.4, 0.5) is 0 Å². The van der Waals surface area contributed by atoms with Crippen molar-refractivity contribution in [2.24, 2.45) is 0 Å². The molecule has 0 radical (unpaired) electrons. The molecule has 1 heterocycles. The third kappa shape index (κ3) is 3.40. The predicted octanol–water partition coefficient (Wildman–Crippen LogP) is 4.04. The highest BCUT2D eigenvalue weighted by Gasteiger charge is 2.23. The van der Waals surface area contributed by atoms with E-state index in [4.69, 9.17) is 0 Å². The molecular weight excluding hydrogens is 368 g/mol. The molecular formula is C19H16N2O3S2. The first-order valence-corrected chi connectivity index (χ1v) is 10.2. The molecule has 0 unspecified atom stereocenters. The number of aromatic carboxylic acids is 1. The molecule has 0 aliphatic rings. The third-order valence-electron chi connectivity index (χ3n) is 3.82. The second kappa shape index (κ2) is 7.80. The molecule has 0 aliphatic carbocycles. The van der Waals surface area contributed by atoms with E-state index in [1.54, 1.807) is 30.2 Å². The van der Waals surface area contributed by atoms with Gasteiger partial charge >= 0.3 is 5.97 Å². The summed E-state index contributed by atoms with van der Waals surface area (Å²) in [5.41, 5.74) is 0.416. The first-order chi connectivity index (χ1) is 12.6. The van der Waals surface area contributed by atoms with Crippen molar-refractivity contribution in [3.63, 3.8) is 0 Å². The number of carbonyl (C=O) groups is 1. The molecule has 26 heavy (non-hydrogen) atoms. The Morgan fingerprint density at radius 1 is 1.00 bits per heavy atom. The van der Waals surface area contributed by atoms with Gasteiger partial charge in [0.25, 0.3) is 5.56 Å². The van der Waals surface area contributed by atoms with E-state index in [1.165, 1.54) is 4.57 Å². The summed E-state index contributed by atoms with van der Waals surface area (Å²) in [4.78, 5) is 30.3. The summed E-state index contributed by atoms with van der Waals surface area (Å²) in [7, 11) is 0. The minimum atomic E-state index is -1.28. The normalized spacial score (nSPS) is 10.7. The Hall–Kier alpha value is -2.51. The maximum absolute atomic E-state index is 13.1. The zero-order valence-corrected chi connectivity index (χ0v) is 15.8. The van der Waals surface area contributed by atoms with Crippen LogP contribution in [0.15, 0.2) is 69.3 Å². The van der Waals surface area contributed by atoms with Crippen LogP contribution < -0.4 is 5.56 Å². The Balaban J connectivity index is 2.37. The number of nitrogens with zero attached hydrogens (tertiary/aromatic N) is 2. The van der Waals surface area contributed by atoms with Gasteiger partial charge in [-0.3, -0.25) is 9.36 Å². The van der Waals surface area contributed by atoms with Crippen molar-refractivity contribution in [1.82, 2.24) is 9.55 Å². The molecule has 0 amide bonds. The van der Waals surface area contributed by atoms with E-state index in [9.17, 15) is 14.7 Å². The molecule has 1 aromatic heterocycles. The van der Waals surface area contributed by atoms with E-state index in [0.29, 0.717) is 11.5 Å². The average molecular weight is 384 g/mol. The molecule has 0 spiro atoms. The van der Waals surface area contributed by atoms with Gasteiger partial charge in [0.05, 0.1) is 5.69 Å². The van der Waals surface area contributed by atoms with Crippen LogP contribution in [0.25, 0.3) is 17.1 Å². The number of rotatable bonds is 5.